The first-order chi connectivity index (χ1) is 10.5. The van der Waals surface area contributed by atoms with Crippen LogP contribution in [0.25, 0.3) is 0 Å². The van der Waals surface area contributed by atoms with E-state index in [0.717, 1.165) is 29.1 Å². The van der Waals surface area contributed by atoms with Crippen molar-refractivity contribution in [3.63, 3.8) is 0 Å². The lowest BCUT2D eigenvalue weighted by Gasteiger charge is -2.56. The van der Waals surface area contributed by atoms with Crippen LogP contribution < -0.4 is 0 Å². The number of ketones is 1. The Morgan fingerprint density at radius 2 is 1.95 bits per heavy atom. The molecule has 4 rings (SSSR count). The second-order valence-electron chi connectivity index (χ2n) is 8.53. The van der Waals surface area contributed by atoms with Gasteiger partial charge in [0.1, 0.15) is 0 Å². The molecule has 1 nitrogen and oxygen atoms in total. The fourth-order valence-corrected chi connectivity index (χ4v) is 7.04. The lowest BCUT2D eigenvalue weighted by Crippen LogP contribution is -2.48. The third-order valence-electron chi connectivity index (χ3n) is 7.63. The molecule has 4 aliphatic rings. The first-order valence-electron chi connectivity index (χ1n) is 9.00. The van der Waals surface area contributed by atoms with E-state index in [4.69, 9.17) is 0 Å². The normalized spacial score (nSPS) is 47.2. The zero-order valence-corrected chi connectivity index (χ0v) is 15.0. The van der Waals surface area contributed by atoms with Gasteiger partial charge in [-0.1, -0.05) is 31.9 Å². The smallest absolute Gasteiger partial charge is 0.191 e. The Morgan fingerprint density at radius 1 is 1.14 bits per heavy atom. The van der Waals surface area contributed by atoms with Crippen LogP contribution in [0, 0.1) is 28.6 Å². The molecular formula is C20H28OS. The van der Waals surface area contributed by atoms with Crippen LogP contribution >= 0.6 is 11.8 Å². The van der Waals surface area contributed by atoms with Gasteiger partial charge in [0.25, 0.3) is 0 Å². The van der Waals surface area contributed by atoms with Gasteiger partial charge in [0.05, 0.1) is 4.91 Å². The second kappa shape index (κ2) is 5.00. The van der Waals surface area contributed by atoms with Crippen molar-refractivity contribution in [1.29, 1.82) is 0 Å². The Morgan fingerprint density at radius 3 is 2.73 bits per heavy atom. The molecule has 0 heterocycles. The van der Waals surface area contributed by atoms with E-state index in [2.05, 4.69) is 19.9 Å². The molecule has 0 aromatic heterocycles. The number of carbonyl (C=O) groups excluding carboxylic acids is 1. The predicted octanol–water partition coefficient (Wildman–Crippen LogP) is 5.38. The molecule has 0 saturated heterocycles. The van der Waals surface area contributed by atoms with Crippen molar-refractivity contribution in [2.75, 3.05) is 6.26 Å². The van der Waals surface area contributed by atoms with E-state index in [9.17, 15) is 4.79 Å². The van der Waals surface area contributed by atoms with Gasteiger partial charge in [-0.05, 0) is 74.0 Å². The van der Waals surface area contributed by atoms with Crippen molar-refractivity contribution in [2.45, 2.75) is 58.8 Å². The zero-order valence-electron chi connectivity index (χ0n) is 14.2. The number of carbonyl (C=O) groups is 1. The van der Waals surface area contributed by atoms with Crippen molar-refractivity contribution >= 4 is 17.5 Å². The van der Waals surface area contributed by atoms with E-state index in [-0.39, 0.29) is 11.2 Å². The molecule has 4 aliphatic carbocycles. The van der Waals surface area contributed by atoms with Gasteiger partial charge in [-0.25, -0.2) is 0 Å². The third-order valence-corrected chi connectivity index (χ3v) is 8.39. The Bertz CT molecular complexity index is 574. The molecule has 0 radical (unpaired) electrons. The summed E-state index contributed by atoms with van der Waals surface area (Å²) in [6, 6.07) is 0. The molecule has 3 saturated carbocycles. The minimum absolute atomic E-state index is 0.152. The molecular weight excluding hydrogens is 288 g/mol. The molecule has 0 bridgehead atoms. The fraction of sp³-hybridized carbons (Fsp3) is 0.750. The van der Waals surface area contributed by atoms with Gasteiger partial charge in [0.15, 0.2) is 5.78 Å². The monoisotopic (exact) mass is 316 g/mol. The van der Waals surface area contributed by atoms with Crippen LogP contribution in [-0.4, -0.2) is 12.0 Å². The highest BCUT2D eigenvalue weighted by atomic mass is 32.2. The minimum atomic E-state index is 0.152. The standard InChI is InChI=1S/C20H28OS/c1-19-9-4-5-15(19)14-7-6-13-11-17(21)18(22-3)12-20(13,2)16(14)8-10-19/h11-12,14-16H,4-10H2,1-3H3/t14-,15-,16-,19-,20-/m0/s1. The highest BCUT2D eigenvalue weighted by molar-refractivity contribution is 8.03. The van der Waals surface area contributed by atoms with Gasteiger partial charge in [-0.15, -0.1) is 11.8 Å². The molecule has 0 N–H and O–H groups in total. The number of rotatable bonds is 1. The van der Waals surface area contributed by atoms with Crippen LogP contribution in [0.1, 0.15) is 58.8 Å². The first-order valence-corrected chi connectivity index (χ1v) is 10.2. The maximum atomic E-state index is 12.3. The highest BCUT2D eigenvalue weighted by Crippen LogP contribution is 2.64. The fourth-order valence-electron chi connectivity index (χ4n) is 6.42. The van der Waals surface area contributed by atoms with E-state index in [1.165, 1.54) is 44.1 Å². The van der Waals surface area contributed by atoms with Crippen molar-refractivity contribution in [2.24, 2.45) is 28.6 Å². The minimum Gasteiger partial charge on any atom is -0.289 e. The molecule has 5 atom stereocenters. The number of hydrogen-bond acceptors (Lipinski definition) is 2. The molecule has 22 heavy (non-hydrogen) atoms. The first kappa shape index (κ1) is 15.1. The van der Waals surface area contributed by atoms with Crippen molar-refractivity contribution in [3.8, 4) is 0 Å². The van der Waals surface area contributed by atoms with Gasteiger partial charge >= 0.3 is 0 Å². The summed E-state index contributed by atoms with van der Waals surface area (Å²) in [7, 11) is 0. The third kappa shape index (κ3) is 1.95. The molecule has 0 spiro atoms. The van der Waals surface area contributed by atoms with Crippen molar-refractivity contribution < 1.29 is 4.79 Å². The van der Waals surface area contributed by atoms with Crippen LogP contribution in [0.15, 0.2) is 22.6 Å². The summed E-state index contributed by atoms with van der Waals surface area (Å²) < 4.78 is 0. The molecule has 3 fully saturated rings. The Kier molecular flexibility index (Phi) is 3.42. The number of allylic oxidation sites excluding steroid dienone is 4. The summed E-state index contributed by atoms with van der Waals surface area (Å²) in [4.78, 5) is 13.2. The Balaban J connectivity index is 1.73. The van der Waals surface area contributed by atoms with E-state index >= 15 is 0 Å². The number of hydrogen-bond donors (Lipinski definition) is 0. The van der Waals surface area contributed by atoms with Crippen LogP contribution in [0.5, 0.6) is 0 Å². The predicted molar refractivity (Wildman–Crippen MR) is 93.7 cm³/mol. The summed E-state index contributed by atoms with van der Waals surface area (Å²) in [6.45, 7) is 4.98. The van der Waals surface area contributed by atoms with Crippen LogP contribution in [0.3, 0.4) is 0 Å². The molecule has 0 aromatic rings. The average Bonchev–Trinajstić information content (AvgIpc) is 2.89. The molecule has 2 heteroatoms. The van der Waals surface area contributed by atoms with Crippen LogP contribution in [0.4, 0.5) is 0 Å². The molecule has 120 valence electrons. The zero-order chi connectivity index (χ0) is 15.5. The maximum absolute atomic E-state index is 12.3. The molecule has 0 amide bonds. The van der Waals surface area contributed by atoms with E-state index < -0.39 is 0 Å². The summed E-state index contributed by atoms with van der Waals surface area (Å²) >= 11 is 1.63. The number of thioether (sulfide) groups is 1. The maximum Gasteiger partial charge on any atom is 0.191 e. The lowest BCUT2D eigenvalue weighted by molar-refractivity contribution is -0.111. The second-order valence-corrected chi connectivity index (χ2v) is 9.38. The van der Waals surface area contributed by atoms with Gasteiger partial charge in [-0.3, -0.25) is 4.79 Å². The molecule has 0 unspecified atom stereocenters. The van der Waals surface area contributed by atoms with Crippen LogP contribution in [0.2, 0.25) is 0 Å². The largest absolute Gasteiger partial charge is 0.289 e. The quantitative estimate of drug-likeness (QED) is 0.646. The van der Waals surface area contributed by atoms with Crippen molar-refractivity contribution in [1.82, 2.24) is 0 Å². The summed E-state index contributed by atoms with van der Waals surface area (Å²) in [5.41, 5.74) is 2.20. The summed E-state index contributed by atoms with van der Waals surface area (Å²) in [5.74, 6) is 2.84. The van der Waals surface area contributed by atoms with Gasteiger partial charge in [0.2, 0.25) is 0 Å². The van der Waals surface area contributed by atoms with Gasteiger partial charge in [0, 0.05) is 5.41 Å². The number of fused-ring (bicyclic) bond motifs is 5. The molecule has 0 aliphatic heterocycles. The Hall–Kier alpha value is -0.500. The lowest BCUT2D eigenvalue weighted by atomic mass is 9.48. The van der Waals surface area contributed by atoms with Crippen LogP contribution in [-0.2, 0) is 4.79 Å². The summed E-state index contributed by atoms with van der Waals surface area (Å²) in [6.07, 6.45) is 15.9. The van der Waals surface area contributed by atoms with Crippen molar-refractivity contribution in [3.05, 3.63) is 22.6 Å². The van der Waals surface area contributed by atoms with Gasteiger partial charge in [-0.2, -0.15) is 0 Å². The van der Waals surface area contributed by atoms with E-state index in [0.29, 0.717) is 5.41 Å². The summed E-state index contributed by atoms with van der Waals surface area (Å²) in [5, 5.41) is 0. The Labute approximate surface area is 139 Å². The van der Waals surface area contributed by atoms with Gasteiger partial charge < -0.3 is 0 Å². The SMILES string of the molecule is CSC1=C[C@@]2(C)C(=CC1=O)CC[C@H]1[C@@H]3CCC[C@@]3(C)CC[C@@H]12. The molecule has 0 aromatic carbocycles. The van der Waals surface area contributed by atoms with E-state index in [1.807, 2.05) is 12.3 Å². The average molecular weight is 317 g/mol. The topological polar surface area (TPSA) is 17.1 Å². The highest BCUT2D eigenvalue weighted by Gasteiger charge is 2.55. The van der Waals surface area contributed by atoms with E-state index in [1.54, 1.807) is 11.8 Å².